The fraction of sp³-hybridized carbons (Fsp3) is 1.00. The molecule has 2 unspecified atom stereocenters. The Kier molecular flexibility index (Phi) is 18.3. The van der Waals surface area contributed by atoms with Crippen LogP contribution in [0, 0.1) is 11.8 Å². The molecule has 0 aromatic carbocycles. The molecule has 2 atom stereocenters. The van der Waals surface area contributed by atoms with Crippen LogP contribution >= 0.6 is 0 Å². The largest absolute Gasteiger partial charge is 0.381 e. The Balaban J connectivity index is 0. The maximum absolute atomic E-state index is 5.93. The Morgan fingerprint density at radius 2 is 1.11 bits per heavy atom. The molecule has 0 amide bonds. The molecule has 2 heteroatoms. The molecule has 108 valence electrons. The van der Waals surface area contributed by atoms with Gasteiger partial charge in [-0.1, -0.05) is 66.2 Å². The Hall–Kier alpha value is 0.674. The Morgan fingerprint density at radius 3 is 1.39 bits per heavy atom. The molecule has 0 aliphatic rings. The van der Waals surface area contributed by atoms with Crippen LogP contribution in [0.15, 0.2) is 0 Å². The van der Waals surface area contributed by atoms with Crippen LogP contribution in [-0.2, 0) is 26.5 Å². The van der Waals surface area contributed by atoms with Gasteiger partial charge in [0.25, 0.3) is 0 Å². The third kappa shape index (κ3) is 11.7. The summed E-state index contributed by atoms with van der Waals surface area (Å²) < 4.78 is 5.93. The van der Waals surface area contributed by atoms with Crippen molar-refractivity contribution >= 4 is 0 Å². The fourth-order valence-electron chi connectivity index (χ4n) is 2.20. The zero-order valence-corrected chi connectivity index (χ0v) is 14.7. The molecule has 0 rings (SSSR count). The number of rotatable bonds is 12. The average Bonchev–Trinajstić information content (AvgIpc) is 2.37. The van der Waals surface area contributed by atoms with Crippen LogP contribution in [0.25, 0.3) is 0 Å². The van der Waals surface area contributed by atoms with Gasteiger partial charge in [0.15, 0.2) is 0 Å². The van der Waals surface area contributed by atoms with E-state index in [0.29, 0.717) is 0 Å². The van der Waals surface area contributed by atoms with Gasteiger partial charge in [-0.05, 0) is 24.7 Å². The van der Waals surface area contributed by atoms with Crippen molar-refractivity contribution in [2.75, 3.05) is 13.2 Å². The van der Waals surface area contributed by atoms with Gasteiger partial charge in [0.05, 0.1) is 0 Å². The van der Waals surface area contributed by atoms with Gasteiger partial charge < -0.3 is 4.74 Å². The zero-order valence-electron chi connectivity index (χ0n) is 13.1. The maximum atomic E-state index is 5.93. The molecule has 0 heterocycles. The Morgan fingerprint density at radius 1 is 0.722 bits per heavy atom. The summed E-state index contributed by atoms with van der Waals surface area (Å²) in [6, 6.07) is 0. The van der Waals surface area contributed by atoms with Gasteiger partial charge in [-0.2, -0.15) is 0 Å². The van der Waals surface area contributed by atoms with Crippen molar-refractivity contribution in [2.45, 2.75) is 79.1 Å². The van der Waals surface area contributed by atoms with E-state index in [2.05, 4.69) is 27.7 Å². The average molecular weight is 290 g/mol. The van der Waals surface area contributed by atoms with Gasteiger partial charge in [0, 0.05) is 34.9 Å². The van der Waals surface area contributed by atoms with Crippen LogP contribution in [0.3, 0.4) is 0 Å². The van der Waals surface area contributed by atoms with Gasteiger partial charge in [-0.25, -0.2) is 0 Å². The van der Waals surface area contributed by atoms with Gasteiger partial charge in [-0.3, -0.25) is 0 Å². The van der Waals surface area contributed by atoms with Crippen LogP contribution < -0.4 is 0 Å². The molecule has 0 bridgehead atoms. The first-order chi connectivity index (χ1) is 8.28. The van der Waals surface area contributed by atoms with Crippen molar-refractivity contribution in [1.29, 1.82) is 0 Å². The molecule has 0 aliphatic heterocycles. The molecular formula is C16H34OTi. The van der Waals surface area contributed by atoms with Crippen LogP contribution in [0.2, 0.25) is 0 Å². The minimum absolute atomic E-state index is 0. The van der Waals surface area contributed by atoms with E-state index in [1.165, 1.54) is 51.4 Å². The van der Waals surface area contributed by atoms with Crippen molar-refractivity contribution in [3.05, 3.63) is 0 Å². The smallest absolute Gasteiger partial charge is 0.0494 e. The molecule has 0 spiro atoms. The van der Waals surface area contributed by atoms with E-state index in [1.54, 1.807) is 0 Å². The molecule has 0 saturated carbocycles. The van der Waals surface area contributed by atoms with Crippen molar-refractivity contribution in [3.8, 4) is 0 Å². The summed E-state index contributed by atoms with van der Waals surface area (Å²) in [6.45, 7) is 11.1. The van der Waals surface area contributed by atoms with Crippen LogP contribution in [0.5, 0.6) is 0 Å². The second-order valence-corrected chi connectivity index (χ2v) is 5.37. The van der Waals surface area contributed by atoms with Crippen LogP contribution in [-0.4, -0.2) is 13.2 Å². The van der Waals surface area contributed by atoms with Crippen molar-refractivity contribution in [3.63, 3.8) is 0 Å². The molecule has 0 aliphatic carbocycles. The number of unbranched alkanes of at least 4 members (excludes halogenated alkanes) is 2. The first-order valence-electron chi connectivity index (χ1n) is 7.86. The molecule has 18 heavy (non-hydrogen) atoms. The summed E-state index contributed by atoms with van der Waals surface area (Å²) in [5.74, 6) is 1.58. The standard InChI is InChI=1S/C16H34O.Ti/c1-5-9-11-15(7-3)13-17-14-16(8-4)12-10-6-2;/h15-16H,5-14H2,1-4H3;. The van der Waals surface area contributed by atoms with E-state index in [9.17, 15) is 0 Å². The molecule has 0 fully saturated rings. The van der Waals surface area contributed by atoms with E-state index in [4.69, 9.17) is 4.74 Å². The predicted molar refractivity (Wildman–Crippen MR) is 77.4 cm³/mol. The number of hydrogen-bond donors (Lipinski definition) is 0. The monoisotopic (exact) mass is 290 g/mol. The van der Waals surface area contributed by atoms with Gasteiger partial charge >= 0.3 is 0 Å². The summed E-state index contributed by atoms with van der Waals surface area (Å²) in [4.78, 5) is 0. The maximum Gasteiger partial charge on any atom is 0.0494 e. The molecule has 0 aromatic heterocycles. The van der Waals surface area contributed by atoms with E-state index < -0.39 is 0 Å². The Bertz CT molecular complexity index is 134. The summed E-state index contributed by atoms with van der Waals surface area (Å²) in [5, 5.41) is 0. The zero-order chi connectivity index (χ0) is 12.9. The summed E-state index contributed by atoms with van der Waals surface area (Å²) in [6.07, 6.45) is 10.6. The molecule has 0 saturated heterocycles. The van der Waals surface area contributed by atoms with Crippen molar-refractivity contribution in [2.24, 2.45) is 11.8 Å². The molecule has 0 aromatic rings. The van der Waals surface area contributed by atoms with Crippen LogP contribution in [0.4, 0.5) is 0 Å². The molecule has 1 nitrogen and oxygen atoms in total. The third-order valence-corrected chi connectivity index (χ3v) is 3.79. The van der Waals surface area contributed by atoms with Crippen molar-refractivity contribution < 1.29 is 26.5 Å². The molecule has 0 N–H and O–H groups in total. The minimum Gasteiger partial charge on any atom is -0.381 e. The number of ether oxygens (including phenoxy) is 1. The minimum atomic E-state index is 0. The third-order valence-electron chi connectivity index (χ3n) is 3.79. The van der Waals surface area contributed by atoms with E-state index >= 15 is 0 Å². The van der Waals surface area contributed by atoms with E-state index in [-0.39, 0.29) is 21.7 Å². The van der Waals surface area contributed by atoms with Gasteiger partial charge in [0.2, 0.25) is 0 Å². The quantitative estimate of drug-likeness (QED) is 0.435. The second kappa shape index (κ2) is 15.7. The van der Waals surface area contributed by atoms with Gasteiger partial charge in [0.1, 0.15) is 0 Å². The predicted octanol–water partition coefficient (Wildman–Crippen LogP) is 5.43. The van der Waals surface area contributed by atoms with Crippen LogP contribution in [0.1, 0.15) is 79.1 Å². The van der Waals surface area contributed by atoms with E-state index in [0.717, 1.165) is 25.0 Å². The first kappa shape index (κ1) is 21.0. The summed E-state index contributed by atoms with van der Waals surface area (Å²) >= 11 is 0. The molecule has 0 radical (unpaired) electrons. The SMILES string of the molecule is CCCCC(CC)COCC(CC)CCCC.[Ti]. The van der Waals surface area contributed by atoms with Gasteiger partial charge in [-0.15, -0.1) is 0 Å². The Labute approximate surface area is 130 Å². The normalized spacial score (nSPS) is 14.0. The topological polar surface area (TPSA) is 9.23 Å². The van der Waals surface area contributed by atoms with Crippen molar-refractivity contribution in [1.82, 2.24) is 0 Å². The first-order valence-corrected chi connectivity index (χ1v) is 7.86. The fourth-order valence-corrected chi connectivity index (χ4v) is 2.20. The second-order valence-electron chi connectivity index (χ2n) is 5.37. The number of hydrogen-bond acceptors (Lipinski definition) is 1. The summed E-state index contributed by atoms with van der Waals surface area (Å²) in [5.41, 5.74) is 0. The summed E-state index contributed by atoms with van der Waals surface area (Å²) in [7, 11) is 0. The molecular weight excluding hydrogens is 256 g/mol. The van der Waals surface area contributed by atoms with E-state index in [1.807, 2.05) is 0 Å².